The Bertz CT molecular complexity index is 855. The van der Waals surface area contributed by atoms with Gasteiger partial charge in [0.05, 0.1) is 12.8 Å². The van der Waals surface area contributed by atoms with Crippen LogP contribution in [-0.4, -0.2) is 17.3 Å². The van der Waals surface area contributed by atoms with Crippen LogP contribution in [0.4, 0.5) is 4.39 Å². The van der Waals surface area contributed by atoms with Gasteiger partial charge < -0.3 is 4.74 Å². The molecule has 0 atom stereocenters. The number of nitrogens with zero attached hydrogens (tertiary/aromatic N) is 1. The molecule has 0 aliphatic heterocycles. The second-order valence-electron chi connectivity index (χ2n) is 5.14. The Morgan fingerprint density at radius 1 is 1.09 bits per heavy atom. The number of rotatable bonds is 4. The molecule has 1 aromatic heterocycles. The third-order valence-corrected chi connectivity index (χ3v) is 3.57. The summed E-state index contributed by atoms with van der Waals surface area (Å²) in [5, 5.41) is 6.53. The Morgan fingerprint density at radius 2 is 1.78 bits per heavy atom. The molecule has 0 aliphatic carbocycles. The fourth-order valence-corrected chi connectivity index (χ4v) is 2.31. The highest BCUT2D eigenvalue weighted by Gasteiger charge is 2.07. The molecule has 0 amide bonds. The van der Waals surface area contributed by atoms with E-state index in [-0.39, 0.29) is 11.4 Å². The smallest absolute Gasteiger partial charge is 0.267 e. The Morgan fingerprint density at radius 3 is 2.43 bits per heavy atom. The molecule has 0 fully saturated rings. The number of nitrogens with one attached hydrogen (secondary N) is 1. The summed E-state index contributed by atoms with van der Waals surface area (Å²) in [5.74, 6) is 0.459. The van der Waals surface area contributed by atoms with Crippen LogP contribution in [0, 0.1) is 5.82 Å². The molecule has 3 rings (SSSR count). The third-order valence-electron chi connectivity index (χ3n) is 3.57. The van der Waals surface area contributed by atoms with Gasteiger partial charge in [0.2, 0.25) is 0 Å². The number of hydrogen-bond acceptors (Lipinski definition) is 3. The lowest BCUT2D eigenvalue weighted by Crippen LogP contribution is -2.15. The second kappa shape index (κ2) is 6.44. The van der Waals surface area contributed by atoms with E-state index in [1.807, 2.05) is 24.3 Å². The number of halogens is 1. The van der Waals surface area contributed by atoms with E-state index >= 15 is 0 Å². The number of H-pyrrole nitrogens is 1. The van der Waals surface area contributed by atoms with Crippen LogP contribution < -0.4 is 10.3 Å². The Balaban J connectivity index is 1.91. The van der Waals surface area contributed by atoms with E-state index < -0.39 is 0 Å². The Kier molecular flexibility index (Phi) is 4.19. The molecule has 5 heteroatoms. The first kappa shape index (κ1) is 15.0. The molecule has 0 saturated heterocycles. The highest BCUT2D eigenvalue weighted by atomic mass is 19.1. The van der Waals surface area contributed by atoms with Crippen molar-refractivity contribution in [2.75, 3.05) is 7.11 Å². The largest absolute Gasteiger partial charge is 0.497 e. The third kappa shape index (κ3) is 3.45. The van der Waals surface area contributed by atoms with Crippen molar-refractivity contribution >= 4 is 0 Å². The average Bonchev–Trinajstić information content (AvgIpc) is 2.58. The minimum atomic E-state index is -0.309. The molecule has 0 unspecified atom stereocenters. The standard InChI is InChI=1S/C18H15FN2O2/c1-23-16-8-2-12(3-9-16)10-14-11-17(20-21-18(14)22)13-4-6-15(19)7-5-13/h2-9,11H,10H2,1H3,(H,21,22). The zero-order valence-corrected chi connectivity index (χ0v) is 12.5. The lowest BCUT2D eigenvalue weighted by molar-refractivity contribution is 0.414. The summed E-state index contributed by atoms with van der Waals surface area (Å²) in [7, 11) is 1.61. The first-order valence-corrected chi connectivity index (χ1v) is 7.13. The fraction of sp³-hybridized carbons (Fsp3) is 0.111. The Labute approximate surface area is 132 Å². The van der Waals surface area contributed by atoms with Gasteiger partial charge in [-0.2, -0.15) is 5.10 Å². The van der Waals surface area contributed by atoms with Gasteiger partial charge in [0.1, 0.15) is 11.6 Å². The van der Waals surface area contributed by atoms with E-state index in [1.54, 1.807) is 25.3 Å². The van der Waals surface area contributed by atoms with E-state index in [1.165, 1.54) is 12.1 Å². The van der Waals surface area contributed by atoms with Crippen LogP contribution >= 0.6 is 0 Å². The van der Waals surface area contributed by atoms with Crippen LogP contribution in [0.5, 0.6) is 5.75 Å². The first-order valence-electron chi connectivity index (χ1n) is 7.13. The van der Waals surface area contributed by atoms with Crippen molar-refractivity contribution in [3.05, 3.63) is 81.9 Å². The quantitative estimate of drug-likeness (QED) is 0.805. The van der Waals surface area contributed by atoms with Gasteiger partial charge in [-0.25, -0.2) is 9.49 Å². The normalized spacial score (nSPS) is 10.5. The van der Waals surface area contributed by atoms with Gasteiger partial charge in [0.15, 0.2) is 0 Å². The van der Waals surface area contributed by atoms with Crippen LogP contribution in [0.3, 0.4) is 0 Å². The van der Waals surface area contributed by atoms with Crippen LogP contribution in [0.15, 0.2) is 59.4 Å². The predicted molar refractivity (Wildman–Crippen MR) is 86.1 cm³/mol. The van der Waals surface area contributed by atoms with Gasteiger partial charge in [0, 0.05) is 17.5 Å². The number of methoxy groups -OCH3 is 1. The SMILES string of the molecule is COc1ccc(Cc2cc(-c3ccc(F)cc3)n[nH]c2=O)cc1. The molecule has 2 aromatic carbocycles. The van der Waals surface area contributed by atoms with E-state index in [9.17, 15) is 9.18 Å². The van der Waals surface area contributed by atoms with Gasteiger partial charge in [-0.05, 0) is 48.0 Å². The fourth-order valence-electron chi connectivity index (χ4n) is 2.31. The van der Waals surface area contributed by atoms with Gasteiger partial charge in [-0.1, -0.05) is 12.1 Å². The van der Waals surface area contributed by atoms with E-state index in [0.29, 0.717) is 17.7 Å². The molecule has 1 heterocycles. The zero-order valence-electron chi connectivity index (χ0n) is 12.5. The molecule has 0 saturated carbocycles. The van der Waals surface area contributed by atoms with Crippen molar-refractivity contribution < 1.29 is 9.13 Å². The van der Waals surface area contributed by atoms with Gasteiger partial charge >= 0.3 is 0 Å². The molecule has 4 nitrogen and oxygen atoms in total. The second-order valence-corrected chi connectivity index (χ2v) is 5.14. The summed E-state index contributed by atoms with van der Waals surface area (Å²) in [6, 6.07) is 15.3. The summed E-state index contributed by atoms with van der Waals surface area (Å²) >= 11 is 0. The maximum Gasteiger partial charge on any atom is 0.267 e. The Hall–Kier alpha value is -2.95. The lowest BCUT2D eigenvalue weighted by Gasteiger charge is -2.05. The summed E-state index contributed by atoms with van der Waals surface area (Å²) in [4.78, 5) is 12.0. The average molecular weight is 310 g/mol. The molecule has 0 radical (unpaired) electrons. The molecule has 0 aliphatic rings. The lowest BCUT2D eigenvalue weighted by atomic mass is 10.0. The highest BCUT2D eigenvalue weighted by Crippen LogP contribution is 2.18. The monoisotopic (exact) mass is 310 g/mol. The van der Waals surface area contributed by atoms with Crippen molar-refractivity contribution in [1.82, 2.24) is 10.2 Å². The maximum absolute atomic E-state index is 13.0. The zero-order chi connectivity index (χ0) is 16.2. The molecule has 23 heavy (non-hydrogen) atoms. The molecular formula is C18H15FN2O2. The van der Waals surface area contributed by atoms with Crippen molar-refractivity contribution in [2.24, 2.45) is 0 Å². The number of aromatic amines is 1. The van der Waals surface area contributed by atoms with Crippen molar-refractivity contribution in [3.8, 4) is 17.0 Å². The van der Waals surface area contributed by atoms with Crippen LogP contribution in [-0.2, 0) is 6.42 Å². The minimum Gasteiger partial charge on any atom is -0.497 e. The topological polar surface area (TPSA) is 55.0 Å². The van der Waals surface area contributed by atoms with Gasteiger partial charge in [0.25, 0.3) is 5.56 Å². The van der Waals surface area contributed by atoms with E-state index in [2.05, 4.69) is 10.2 Å². The predicted octanol–water partition coefficient (Wildman–Crippen LogP) is 3.18. The highest BCUT2D eigenvalue weighted by molar-refractivity contribution is 5.59. The molecule has 3 aromatic rings. The minimum absolute atomic E-state index is 0.230. The van der Waals surface area contributed by atoms with E-state index in [0.717, 1.165) is 16.9 Å². The number of hydrogen-bond donors (Lipinski definition) is 1. The van der Waals surface area contributed by atoms with Crippen molar-refractivity contribution in [2.45, 2.75) is 6.42 Å². The van der Waals surface area contributed by atoms with Gasteiger partial charge in [-0.15, -0.1) is 0 Å². The summed E-state index contributed by atoms with van der Waals surface area (Å²) in [6.07, 6.45) is 0.482. The molecule has 1 N–H and O–H groups in total. The van der Waals surface area contributed by atoms with E-state index in [4.69, 9.17) is 4.74 Å². The van der Waals surface area contributed by atoms with Crippen molar-refractivity contribution in [1.29, 1.82) is 0 Å². The number of benzene rings is 2. The summed E-state index contributed by atoms with van der Waals surface area (Å²) < 4.78 is 18.1. The van der Waals surface area contributed by atoms with Crippen LogP contribution in [0.1, 0.15) is 11.1 Å². The molecule has 0 spiro atoms. The van der Waals surface area contributed by atoms with Crippen molar-refractivity contribution in [3.63, 3.8) is 0 Å². The summed E-state index contributed by atoms with van der Waals surface area (Å²) in [5.41, 5.74) is 2.72. The van der Waals surface area contributed by atoms with Gasteiger partial charge in [-0.3, -0.25) is 4.79 Å². The molecule has 116 valence electrons. The first-order chi connectivity index (χ1) is 11.2. The summed E-state index contributed by atoms with van der Waals surface area (Å²) in [6.45, 7) is 0. The van der Waals surface area contributed by atoms with Crippen LogP contribution in [0.2, 0.25) is 0 Å². The maximum atomic E-state index is 13.0. The number of aromatic nitrogens is 2. The van der Waals surface area contributed by atoms with Crippen LogP contribution in [0.25, 0.3) is 11.3 Å². The molecular weight excluding hydrogens is 295 g/mol. The number of ether oxygens (including phenoxy) is 1. The molecule has 0 bridgehead atoms.